The van der Waals surface area contributed by atoms with E-state index in [1.807, 2.05) is 0 Å². The van der Waals surface area contributed by atoms with Crippen LogP contribution in [0.4, 0.5) is 14.9 Å². The summed E-state index contributed by atoms with van der Waals surface area (Å²) in [5.74, 6) is -0.000945. The third-order valence-corrected chi connectivity index (χ3v) is 6.47. The number of methoxy groups -OCH3 is 1. The molecule has 0 saturated carbocycles. The van der Waals surface area contributed by atoms with E-state index >= 15 is 0 Å². The number of hydrogen-bond acceptors (Lipinski definition) is 5. The van der Waals surface area contributed by atoms with Crippen LogP contribution in [0.15, 0.2) is 70.0 Å². The molecule has 1 aliphatic heterocycles. The minimum atomic E-state index is -0.428. The Morgan fingerprint density at radius 1 is 1.12 bits per heavy atom. The summed E-state index contributed by atoms with van der Waals surface area (Å²) in [5, 5.41) is 0.111. The molecule has 4 rings (SSSR count). The van der Waals surface area contributed by atoms with Gasteiger partial charge in [-0.2, -0.15) is 0 Å². The molecule has 3 aromatic carbocycles. The maximum Gasteiger partial charge on any atom is 0.298 e. The van der Waals surface area contributed by atoms with Crippen LogP contribution in [-0.2, 0) is 11.4 Å². The van der Waals surface area contributed by atoms with Crippen LogP contribution in [0, 0.1) is 5.82 Å². The van der Waals surface area contributed by atoms with Crippen molar-refractivity contribution in [1.82, 2.24) is 0 Å². The van der Waals surface area contributed by atoms with Crippen molar-refractivity contribution in [1.29, 1.82) is 0 Å². The first-order valence-electron chi connectivity index (χ1n) is 9.64. The average Bonchev–Trinajstić information content (AvgIpc) is 3.07. The zero-order chi connectivity index (χ0) is 23.5. The number of rotatable bonds is 6. The van der Waals surface area contributed by atoms with Crippen molar-refractivity contribution < 1.29 is 23.5 Å². The zero-order valence-electron chi connectivity index (χ0n) is 17.2. The van der Waals surface area contributed by atoms with Crippen molar-refractivity contribution in [3.8, 4) is 11.5 Å². The van der Waals surface area contributed by atoms with Crippen LogP contribution >= 0.6 is 39.3 Å². The summed E-state index contributed by atoms with van der Waals surface area (Å²) in [7, 11) is 1.48. The molecule has 1 saturated heterocycles. The molecule has 1 heterocycles. The molecule has 0 aromatic heterocycles. The van der Waals surface area contributed by atoms with Crippen molar-refractivity contribution in [2.45, 2.75) is 6.61 Å². The van der Waals surface area contributed by atoms with Gasteiger partial charge in [-0.3, -0.25) is 9.59 Å². The van der Waals surface area contributed by atoms with Gasteiger partial charge >= 0.3 is 0 Å². The SMILES string of the molecule is COc1cc(/C=C2/SC(=O)N(c3ccc(Cl)cc3)C2=O)cc(Br)c1OCc1ccccc1F. The number of ether oxygens (including phenoxy) is 2. The van der Waals surface area contributed by atoms with Crippen LogP contribution in [0.5, 0.6) is 11.5 Å². The number of imide groups is 1. The Hall–Kier alpha value is -2.81. The van der Waals surface area contributed by atoms with E-state index in [1.54, 1.807) is 60.7 Å². The molecule has 0 bridgehead atoms. The summed E-state index contributed by atoms with van der Waals surface area (Å²) in [6.45, 7) is 0.0148. The Balaban J connectivity index is 1.58. The van der Waals surface area contributed by atoms with E-state index in [0.29, 0.717) is 37.8 Å². The van der Waals surface area contributed by atoms with E-state index in [4.69, 9.17) is 21.1 Å². The van der Waals surface area contributed by atoms with Gasteiger partial charge in [-0.1, -0.05) is 29.8 Å². The van der Waals surface area contributed by atoms with Gasteiger partial charge in [0.1, 0.15) is 12.4 Å². The Morgan fingerprint density at radius 2 is 1.85 bits per heavy atom. The lowest BCUT2D eigenvalue weighted by Crippen LogP contribution is -2.27. The molecule has 3 aromatic rings. The highest BCUT2D eigenvalue weighted by atomic mass is 79.9. The Kier molecular flexibility index (Phi) is 7.07. The molecule has 1 aliphatic rings. The van der Waals surface area contributed by atoms with E-state index in [0.717, 1.165) is 16.7 Å². The highest BCUT2D eigenvalue weighted by Crippen LogP contribution is 2.40. The van der Waals surface area contributed by atoms with Gasteiger partial charge in [0.05, 0.1) is 22.2 Å². The predicted octanol–water partition coefficient (Wildman–Crippen LogP) is 7.07. The molecule has 0 spiro atoms. The lowest BCUT2D eigenvalue weighted by molar-refractivity contribution is -0.113. The minimum absolute atomic E-state index is 0.0148. The number of hydrogen-bond donors (Lipinski definition) is 0. The van der Waals surface area contributed by atoms with E-state index in [2.05, 4.69) is 15.9 Å². The van der Waals surface area contributed by atoms with Crippen molar-refractivity contribution >= 4 is 62.2 Å². The molecule has 0 radical (unpaired) electrons. The fourth-order valence-electron chi connectivity index (χ4n) is 3.16. The van der Waals surface area contributed by atoms with Crippen molar-refractivity contribution in [2.24, 2.45) is 0 Å². The lowest BCUT2D eigenvalue weighted by Gasteiger charge is -2.14. The fourth-order valence-corrected chi connectivity index (χ4v) is 4.70. The summed E-state index contributed by atoms with van der Waals surface area (Å²) in [4.78, 5) is 26.7. The van der Waals surface area contributed by atoms with Gasteiger partial charge in [0.25, 0.3) is 11.1 Å². The second kappa shape index (κ2) is 9.99. The van der Waals surface area contributed by atoms with Crippen LogP contribution in [0.3, 0.4) is 0 Å². The Morgan fingerprint density at radius 3 is 2.55 bits per heavy atom. The van der Waals surface area contributed by atoms with Gasteiger partial charge in [-0.05, 0) is 81.8 Å². The highest BCUT2D eigenvalue weighted by molar-refractivity contribution is 9.10. The fraction of sp³-hybridized carbons (Fsp3) is 0.0833. The van der Waals surface area contributed by atoms with E-state index in [-0.39, 0.29) is 17.3 Å². The van der Waals surface area contributed by atoms with Gasteiger partial charge < -0.3 is 9.47 Å². The van der Waals surface area contributed by atoms with Crippen LogP contribution in [0.1, 0.15) is 11.1 Å². The number of benzene rings is 3. The largest absolute Gasteiger partial charge is 0.493 e. The maximum absolute atomic E-state index is 13.9. The zero-order valence-corrected chi connectivity index (χ0v) is 20.3. The number of carbonyl (C=O) groups excluding carboxylic acids is 2. The molecule has 168 valence electrons. The summed E-state index contributed by atoms with van der Waals surface area (Å²) in [6.07, 6.45) is 1.61. The molecule has 9 heteroatoms. The monoisotopic (exact) mass is 547 g/mol. The molecular weight excluding hydrogens is 533 g/mol. The summed E-state index contributed by atoms with van der Waals surface area (Å²) in [5.41, 5.74) is 1.48. The first kappa shape index (κ1) is 23.4. The number of nitrogens with zero attached hydrogens (tertiary/aromatic N) is 1. The Labute approximate surface area is 207 Å². The average molecular weight is 549 g/mol. The summed E-state index contributed by atoms with van der Waals surface area (Å²) < 4.78 is 25.7. The van der Waals surface area contributed by atoms with Gasteiger partial charge in [0.15, 0.2) is 11.5 Å². The number of halogens is 3. The van der Waals surface area contributed by atoms with E-state index < -0.39 is 11.1 Å². The number of thioether (sulfide) groups is 1. The van der Waals surface area contributed by atoms with Crippen LogP contribution in [0.2, 0.25) is 5.02 Å². The molecule has 1 fully saturated rings. The number of carbonyl (C=O) groups is 2. The van der Waals surface area contributed by atoms with Gasteiger partial charge in [-0.25, -0.2) is 9.29 Å². The number of amides is 2. The summed E-state index contributed by atoms with van der Waals surface area (Å²) in [6, 6.07) is 16.2. The molecule has 0 unspecified atom stereocenters. The van der Waals surface area contributed by atoms with Gasteiger partial charge in [0, 0.05) is 10.6 Å². The molecule has 33 heavy (non-hydrogen) atoms. The first-order chi connectivity index (χ1) is 15.9. The van der Waals surface area contributed by atoms with Crippen molar-refractivity contribution in [3.05, 3.63) is 92.0 Å². The predicted molar refractivity (Wildman–Crippen MR) is 131 cm³/mol. The maximum atomic E-state index is 13.9. The second-order valence-corrected chi connectivity index (χ2v) is 9.19. The standard InChI is InChI=1S/C24H16BrClFNO4S/c1-31-20-11-14(10-18(25)22(20)32-13-15-4-2-3-5-19(15)27)12-21-23(29)28(24(30)33-21)17-8-6-16(26)7-9-17/h2-12H,13H2,1H3/b21-12+. The van der Waals surface area contributed by atoms with Crippen LogP contribution < -0.4 is 14.4 Å². The quantitative estimate of drug-likeness (QED) is 0.308. The third kappa shape index (κ3) is 5.08. The van der Waals surface area contributed by atoms with Gasteiger partial charge in [0.2, 0.25) is 0 Å². The Bertz CT molecular complexity index is 1270. The first-order valence-corrected chi connectivity index (χ1v) is 11.6. The summed E-state index contributed by atoms with van der Waals surface area (Å²) >= 11 is 10.2. The molecular formula is C24H16BrClFNO4S. The van der Waals surface area contributed by atoms with Gasteiger partial charge in [-0.15, -0.1) is 0 Å². The topological polar surface area (TPSA) is 55.8 Å². The lowest BCUT2D eigenvalue weighted by atomic mass is 10.1. The van der Waals surface area contributed by atoms with Crippen LogP contribution in [-0.4, -0.2) is 18.3 Å². The third-order valence-electron chi connectivity index (χ3n) is 4.76. The minimum Gasteiger partial charge on any atom is -0.493 e. The van der Waals surface area contributed by atoms with E-state index in [1.165, 1.54) is 13.2 Å². The van der Waals surface area contributed by atoms with Crippen molar-refractivity contribution in [3.63, 3.8) is 0 Å². The van der Waals surface area contributed by atoms with Crippen molar-refractivity contribution in [2.75, 3.05) is 12.0 Å². The second-order valence-electron chi connectivity index (χ2n) is 6.91. The highest BCUT2D eigenvalue weighted by Gasteiger charge is 2.36. The molecule has 0 N–H and O–H groups in total. The van der Waals surface area contributed by atoms with Crippen LogP contribution in [0.25, 0.3) is 6.08 Å². The molecule has 0 aliphatic carbocycles. The molecule has 0 atom stereocenters. The van der Waals surface area contributed by atoms with E-state index in [9.17, 15) is 14.0 Å². The molecule has 5 nitrogen and oxygen atoms in total. The molecule has 2 amide bonds. The smallest absolute Gasteiger partial charge is 0.298 e. The normalized spacial score (nSPS) is 14.8. The number of anilines is 1.